The van der Waals surface area contributed by atoms with Gasteiger partial charge in [-0.3, -0.25) is 10.1 Å². The number of hydrogen-bond donors (Lipinski definition) is 1. The van der Waals surface area contributed by atoms with E-state index in [-0.39, 0.29) is 10.6 Å². The molecule has 1 fully saturated rings. The molecule has 0 aromatic heterocycles. The highest BCUT2D eigenvalue weighted by atomic mass is 16.6. The maximum Gasteiger partial charge on any atom is 0.269 e. The molecule has 2 aromatic rings. The van der Waals surface area contributed by atoms with Crippen molar-refractivity contribution in [1.29, 1.82) is 0 Å². The van der Waals surface area contributed by atoms with Crippen molar-refractivity contribution >= 4 is 22.7 Å². The maximum absolute atomic E-state index is 10.7. The van der Waals surface area contributed by atoms with E-state index >= 15 is 0 Å². The zero-order valence-electron chi connectivity index (χ0n) is 12.2. The summed E-state index contributed by atoms with van der Waals surface area (Å²) in [7, 11) is 0. The minimum atomic E-state index is -0.372. The Morgan fingerprint density at radius 2 is 1.23 bits per heavy atom. The first-order chi connectivity index (χ1) is 10.6. The monoisotopic (exact) mass is 298 g/mol. The van der Waals surface area contributed by atoms with Gasteiger partial charge in [-0.25, -0.2) is 0 Å². The van der Waals surface area contributed by atoms with Gasteiger partial charge in [-0.15, -0.1) is 0 Å². The van der Waals surface area contributed by atoms with Crippen molar-refractivity contribution in [1.82, 2.24) is 0 Å². The topological polar surface area (TPSA) is 75.6 Å². The second-order valence-corrected chi connectivity index (χ2v) is 5.34. The fraction of sp³-hybridized carbons (Fsp3) is 0.250. The Morgan fingerprint density at radius 3 is 1.64 bits per heavy atom. The smallest absolute Gasteiger partial charge is 0.269 e. The largest absolute Gasteiger partial charge is 0.399 e. The molecule has 1 saturated heterocycles. The van der Waals surface area contributed by atoms with Gasteiger partial charge in [0.1, 0.15) is 0 Å². The number of piperazine rings is 1. The lowest BCUT2D eigenvalue weighted by molar-refractivity contribution is -0.384. The van der Waals surface area contributed by atoms with Gasteiger partial charge in [0.05, 0.1) is 4.92 Å². The zero-order chi connectivity index (χ0) is 15.5. The van der Waals surface area contributed by atoms with E-state index in [1.54, 1.807) is 12.1 Å². The summed E-state index contributed by atoms with van der Waals surface area (Å²) >= 11 is 0. The van der Waals surface area contributed by atoms with E-state index in [0.29, 0.717) is 0 Å². The van der Waals surface area contributed by atoms with E-state index in [0.717, 1.165) is 37.6 Å². The third-order valence-corrected chi connectivity index (χ3v) is 3.96. The number of nitrogens with zero attached hydrogens (tertiary/aromatic N) is 3. The highest BCUT2D eigenvalue weighted by molar-refractivity contribution is 5.56. The van der Waals surface area contributed by atoms with Gasteiger partial charge in [-0.05, 0) is 36.4 Å². The average Bonchev–Trinajstić information content (AvgIpc) is 2.56. The molecule has 2 aromatic carbocycles. The lowest BCUT2D eigenvalue weighted by Gasteiger charge is -2.37. The predicted molar refractivity (Wildman–Crippen MR) is 88.4 cm³/mol. The van der Waals surface area contributed by atoms with E-state index in [1.807, 2.05) is 36.4 Å². The van der Waals surface area contributed by atoms with Crippen molar-refractivity contribution in [2.45, 2.75) is 0 Å². The number of nitrogen functional groups attached to an aromatic ring is 1. The van der Waals surface area contributed by atoms with Gasteiger partial charge in [0.15, 0.2) is 0 Å². The van der Waals surface area contributed by atoms with E-state index in [9.17, 15) is 10.1 Å². The van der Waals surface area contributed by atoms with E-state index < -0.39 is 0 Å². The van der Waals surface area contributed by atoms with Crippen LogP contribution in [0.2, 0.25) is 0 Å². The molecule has 0 amide bonds. The van der Waals surface area contributed by atoms with Crippen molar-refractivity contribution in [3.63, 3.8) is 0 Å². The number of non-ortho nitro benzene ring substituents is 1. The third-order valence-electron chi connectivity index (χ3n) is 3.96. The zero-order valence-corrected chi connectivity index (χ0v) is 12.2. The van der Waals surface area contributed by atoms with Crippen molar-refractivity contribution in [2.24, 2.45) is 0 Å². The Balaban J connectivity index is 1.63. The van der Waals surface area contributed by atoms with Crippen LogP contribution in [0.15, 0.2) is 48.5 Å². The number of rotatable bonds is 3. The van der Waals surface area contributed by atoms with Gasteiger partial charge in [0.25, 0.3) is 5.69 Å². The van der Waals surface area contributed by atoms with Gasteiger partial charge in [0, 0.05) is 55.4 Å². The number of nitrogens with two attached hydrogens (primary N) is 1. The molecule has 6 heteroatoms. The Labute approximate surface area is 128 Å². The van der Waals surface area contributed by atoms with Crippen molar-refractivity contribution in [3.05, 3.63) is 58.6 Å². The van der Waals surface area contributed by atoms with E-state index in [4.69, 9.17) is 5.73 Å². The number of nitro benzene ring substituents is 1. The third kappa shape index (κ3) is 2.95. The summed E-state index contributed by atoms with van der Waals surface area (Å²) in [6, 6.07) is 14.7. The minimum absolute atomic E-state index is 0.129. The molecule has 0 radical (unpaired) electrons. The molecule has 0 spiro atoms. The summed E-state index contributed by atoms with van der Waals surface area (Å²) in [6.07, 6.45) is 0. The minimum Gasteiger partial charge on any atom is -0.399 e. The summed E-state index contributed by atoms with van der Waals surface area (Å²) in [5.41, 5.74) is 8.82. The molecule has 1 heterocycles. The number of nitro groups is 1. The molecule has 1 aliphatic heterocycles. The first-order valence-corrected chi connectivity index (χ1v) is 7.23. The number of hydrogen-bond acceptors (Lipinski definition) is 5. The molecule has 0 saturated carbocycles. The lowest BCUT2D eigenvalue weighted by Crippen LogP contribution is -2.46. The van der Waals surface area contributed by atoms with Gasteiger partial charge >= 0.3 is 0 Å². The molecule has 0 atom stereocenters. The van der Waals surface area contributed by atoms with Crippen LogP contribution in [0, 0.1) is 10.1 Å². The van der Waals surface area contributed by atoms with E-state index in [2.05, 4.69) is 9.80 Å². The van der Waals surface area contributed by atoms with Crippen LogP contribution in [0.4, 0.5) is 22.7 Å². The Hall–Kier alpha value is -2.76. The molecule has 3 rings (SSSR count). The van der Waals surface area contributed by atoms with Crippen LogP contribution in [0.25, 0.3) is 0 Å². The highest BCUT2D eigenvalue weighted by Crippen LogP contribution is 2.23. The standard InChI is InChI=1S/C16H18N4O2/c17-13-1-3-14(4-2-13)18-9-11-19(12-10-18)15-5-7-16(8-6-15)20(21)22/h1-8H,9-12,17H2. The lowest BCUT2D eigenvalue weighted by atomic mass is 10.2. The van der Waals surface area contributed by atoms with Crippen molar-refractivity contribution in [2.75, 3.05) is 41.7 Å². The van der Waals surface area contributed by atoms with Crippen LogP contribution in [0.3, 0.4) is 0 Å². The average molecular weight is 298 g/mol. The van der Waals surface area contributed by atoms with Crippen molar-refractivity contribution in [3.8, 4) is 0 Å². The molecule has 2 N–H and O–H groups in total. The molecule has 6 nitrogen and oxygen atoms in total. The van der Waals surface area contributed by atoms with Crippen LogP contribution in [-0.2, 0) is 0 Å². The van der Waals surface area contributed by atoms with Crippen LogP contribution in [-0.4, -0.2) is 31.1 Å². The molecule has 0 bridgehead atoms. The first kappa shape index (κ1) is 14.2. The highest BCUT2D eigenvalue weighted by Gasteiger charge is 2.18. The summed E-state index contributed by atoms with van der Waals surface area (Å²) in [4.78, 5) is 14.9. The van der Waals surface area contributed by atoms with Gasteiger partial charge in [-0.2, -0.15) is 0 Å². The summed E-state index contributed by atoms with van der Waals surface area (Å²) in [5.74, 6) is 0. The van der Waals surface area contributed by atoms with Crippen molar-refractivity contribution < 1.29 is 4.92 Å². The molecule has 0 unspecified atom stereocenters. The predicted octanol–water partition coefficient (Wildman–Crippen LogP) is 2.50. The van der Waals surface area contributed by atoms with Gasteiger partial charge in [-0.1, -0.05) is 0 Å². The molecular weight excluding hydrogens is 280 g/mol. The SMILES string of the molecule is Nc1ccc(N2CCN(c3ccc([N+](=O)[O-])cc3)CC2)cc1. The molecule has 114 valence electrons. The fourth-order valence-electron chi connectivity index (χ4n) is 2.69. The molecule has 1 aliphatic rings. The summed E-state index contributed by atoms with van der Waals surface area (Å²) in [6.45, 7) is 3.62. The Morgan fingerprint density at radius 1 is 0.818 bits per heavy atom. The summed E-state index contributed by atoms with van der Waals surface area (Å²) < 4.78 is 0. The Kier molecular flexibility index (Phi) is 3.82. The van der Waals surface area contributed by atoms with Crippen LogP contribution < -0.4 is 15.5 Å². The number of anilines is 3. The summed E-state index contributed by atoms with van der Waals surface area (Å²) in [5, 5.41) is 10.7. The molecule has 0 aliphatic carbocycles. The normalized spacial score (nSPS) is 14.9. The molecular formula is C16H18N4O2. The quantitative estimate of drug-likeness (QED) is 0.535. The maximum atomic E-state index is 10.7. The van der Waals surface area contributed by atoms with Crippen LogP contribution in [0.1, 0.15) is 0 Å². The van der Waals surface area contributed by atoms with Gasteiger partial charge in [0.2, 0.25) is 0 Å². The molecule has 22 heavy (non-hydrogen) atoms. The van der Waals surface area contributed by atoms with Gasteiger partial charge < -0.3 is 15.5 Å². The Bertz CT molecular complexity index is 647. The second kappa shape index (κ2) is 5.93. The number of benzene rings is 2. The second-order valence-electron chi connectivity index (χ2n) is 5.34. The van der Waals surface area contributed by atoms with E-state index in [1.165, 1.54) is 5.69 Å². The van der Waals surface area contributed by atoms with Crippen LogP contribution >= 0.6 is 0 Å². The first-order valence-electron chi connectivity index (χ1n) is 7.23. The fourth-order valence-corrected chi connectivity index (χ4v) is 2.69. The van der Waals surface area contributed by atoms with Crippen LogP contribution in [0.5, 0.6) is 0 Å².